The Bertz CT molecular complexity index is 977. The molecule has 1 amide bonds. The van der Waals surface area contributed by atoms with E-state index >= 15 is 0 Å². The van der Waals surface area contributed by atoms with E-state index in [1.165, 1.54) is 11.6 Å². The molecule has 0 spiro atoms. The van der Waals surface area contributed by atoms with E-state index in [4.69, 9.17) is 23.2 Å². The van der Waals surface area contributed by atoms with Gasteiger partial charge in [-0.1, -0.05) is 54.4 Å². The molecular weight excluding hydrogens is 419 g/mol. The van der Waals surface area contributed by atoms with Gasteiger partial charge in [-0.25, -0.2) is 8.42 Å². The molecular formula is C20H24Cl2N2O3S. The fourth-order valence-corrected chi connectivity index (χ4v) is 4.15. The maximum absolute atomic E-state index is 12.7. The highest BCUT2D eigenvalue weighted by Crippen LogP contribution is 2.33. The lowest BCUT2D eigenvalue weighted by Crippen LogP contribution is -2.41. The first-order valence-corrected chi connectivity index (χ1v) is 11.4. The molecule has 5 nitrogen and oxygen atoms in total. The predicted molar refractivity (Wildman–Crippen MR) is 116 cm³/mol. The molecule has 2 aromatic carbocycles. The summed E-state index contributed by atoms with van der Waals surface area (Å²) in [5.41, 5.74) is 3.45. The van der Waals surface area contributed by atoms with Crippen LogP contribution in [0.25, 0.3) is 0 Å². The summed E-state index contributed by atoms with van der Waals surface area (Å²) in [4.78, 5) is 12.7. The van der Waals surface area contributed by atoms with E-state index < -0.39 is 15.9 Å². The number of anilines is 1. The van der Waals surface area contributed by atoms with Crippen LogP contribution in [0.3, 0.4) is 0 Å². The van der Waals surface area contributed by atoms with E-state index in [-0.39, 0.29) is 28.3 Å². The molecule has 0 heterocycles. The Balaban J connectivity index is 2.26. The topological polar surface area (TPSA) is 66.5 Å². The van der Waals surface area contributed by atoms with Crippen LogP contribution < -0.4 is 9.62 Å². The van der Waals surface area contributed by atoms with E-state index in [0.717, 1.165) is 21.7 Å². The number of rotatable bonds is 7. The third-order valence-electron chi connectivity index (χ3n) is 4.56. The highest BCUT2D eigenvalue weighted by Gasteiger charge is 2.25. The standard InChI is InChI=1S/C20H24Cl2N2O3S/c1-5-17(15-10-9-13(2)14(3)11-15)23-19(25)12-24(28(4,26)27)18-8-6-7-16(21)20(18)22/h6-11,17H,5,12H2,1-4H3,(H,23,25)/t17-/m0/s1. The monoisotopic (exact) mass is 442 g/mol. The lowest BCUT2D eigenvalue weighted by atomic mass is 9.99. The summed E-state index contributed by atoms with van der Waals surface area (Å²) in [6.07, 6.45) is 1.70. The maximum Gasteiger partial charge on any atom is 0.241 e. The highest BCUT2D eigenvalue weighted by atomic mass is 35.5. The Morgan fingerprint density at radius 1 is 1.14 bits per heavy atom. The van der Waals surface area contributed by atoms with Crippen LogP contribution in [0.15, 0.2) is 36.4 Å². The summed E-state index contributed by atoms with van der Waals surface area (Å²) in [6.45, 7) is 5.61. The Morgan fingerprint density at radius 2 is 1.82 bits per heavy atom. The van der Waals surface area contributed by atoms with Gasteiger partial charge in [-0.2, -0.15) is 0 Å². The van der Waals surface area contributed by atoms with Crippen molar-refractivity contribution in [2.75, 3.05) is 17.1 Å². The minimum atomic E-state index is -3.74. The summed E-state index contributed by atoms with van der Waals surface area (Å²) in [7, 11) is -3.74. The van der Waals surface area contributed by atoms with Crippen molar-refractivity contribution in [3.05, 3.63) is 63.1 Å². The zero-order valence-electron chi connectivity index (χ0n) is 16.3. The summed E-state index contributed by atoms with van der Waals surface area (Å²) >= 11 is 12.2. The number of carbonyl (C=O) groups is 1. The quantitative estimate of drug-likeness (QED) is 0.678. The van der Waals surface area contributed by atoms with E-state index in [0.29, 0.717) is 6.42 Å². The first kappa shape index (κ1) is 22.5. The molecule has 0 fully saturated rings. The first-order valence-electron chi connectivity index (χ1n) is 8.82. The van der Waals surface area contributed by atoms with Crippen molar-refractivity contribution in [2.24, 2.45) is 0 Å². The van der Waals surface area contributed by atoms with Crippen LogP contribution in [0.5, 0.6) is 0 Å². The molecule has 0 unspecified atom stereocenters. The molecule has 0 aliphatic carbocycles. The Hall–Kier alpha value is -1.76. The number of halogens is 2. The number of amides is 1. The summed E-state index contributed by atoms with van der Waals surface area (Å²) in [5, 5.41) is 3.22. The highest BCUT2D eigenvalue weighted by molar-refractivity contribution is 7.92. The van der Waals surface area contributed by atoms with Crippen molar-refractivity contribution < 1.29 is 13.2 Å². The SMILES string of the molecule is CC[C@H](NC(=O)CN(c1cccc(Cl)c1Cl)S(C)(=O)=O)c1ccc(C)c(C)c1. The number of sulfonamides is 1. The van der Waals surface area contributed by atoms with Gasteiger partial charge in [0.15, 0.2) is 0 Å². The maximum atomic E-state index is 12.7. The van der Waals surface area contributed by atoms with Crippen molar-refractivity contribution >= 4 is 44.8 Å². The van der Waals surface area contributed by atoms with Gasteiger partial charge in [0, 0.05) is 0 Å². The van der Waals surface area contributed by atoms with Gasteiger partial charge in [-0.15, -0.1) is 0 Å². The predicted octanol–water partition coefficient (Wildman–Crippen LogP) is 4.64. The molecule has 0 aromatic heterocycles. The lowest BCUT2D eigenvalue weighted by molar-refractivity contribution is -0.120. The van der Waals surface area contributed by atoms with Crippen molar-refractivity contribution in [2.45, 2.75) is 33.2 Å². The zero-order chi connectivity index (χ0) is 21.1. The molecule has 1 atom stereocenters. The second-order valence-corrected chi connectivity index (χ2v) is 9.41. The minimum absolute atomic E-state index is 0.0867. The van der Waals surface area contributed by atoms with Gasteiger partial charge in [0.1, 0.15) is 6.54 Å². The number of benzene rings is 2. The molecule has 0 saturated carbocycles. The van der Waals surface area contributed by atoms with Crippen LogP contribution in [-0.2, 0) is 14.8 Å². The molecule has 2 aromatic rings. The van der Waals surface area contributed by atoms with Gasteiger partial charge in [0.05, 0.1) is 28.0 Å². The molecule has 0 saturated heterocycles. The molecule has 0 radical (unpaired) electrons. The van der Waals surface area contributed by atoms with E-state index in [2.05, 4.69) is 5.32 Å². The van der Waals surface area contributed by atoms with Crippen LogP contribution in [0.4, 0.5) is 5.69 Å². The van der Waals surface area contributed by atoms with Gasteiger partial charge in [0.2, 0.25) is 15.9 Å². The van der Waals surface area contributed by atoms with E-state index in [9.17, 15) is 13.2 Å². The van der Waals surface area contributed by atoms with Crippen molar-refractivity contribution in [3.8, 4) is 0 Å². The number of hydrogen-bond acceptors (Lipinski definition) is 3. The van der Waals surface area contributed by atoms with Crippen LogP contribution >= 0.6 is 23.2 Å². The van der Waals surface area contributed by atoms with Crippen molar-refractivity contribution in [3.63, 3.8) is 0 Å². The lowest BCUT2D eigenvalue weighted by Gasteiger charge is -2.25. The summed E-state index contributed by atoms with van der Waals surface area (Å²) in [5.74, 6) is -0.424. The van der Waals surface area contributed by atoms with Crippen molar-refractivity contribution in [1.29, 1.82) is 0 Å². The fraction of sp³-hybridized carbons (Fsp3) is 0.350. The first-order chi connectivity index (χ1) is 13.0. The molecule has 8 heteroatoms. The summed E-state index contributed by atoms with van der Waals surface area (Å²) < 4.78 is 25.5. The molecule has 1 N–H and O–H groups in total. The smallest absolute Gasteiger partial charge is 0.241 e. The average Bonchev–Trinajstić information content (AvgIpc) is 2.62. The molecule has 0 bridgehead atoms. The Kier molecular flexibility index (Phi) is 7.37. The van der Waals surface area contributed by atoms with Crippen LogP contribution in [-0.4, -0.2) is 27.1 Å². The fourth-order valence-electron chi connectivity index (χ4n) is 2.84. The third kappa shape index (κ3) is 5.40. The number of nitrogens with zero attached hydrogens (tertiary/aromatic N) is 1. The van der Waals surface area contributed by atoms with Gasteiger partial charge >= 0.3 is 0 Å². The van der Waals surface area contributed by atoms with Gasteiger partial charge in [-0.05, 0) is 49.1 Å². The van der Waals surface area contributed by atoms with Crippen LogP contribution in [0.1, 0.15) is 36.1 Å². The number of carbonyl (C=O) groups excluding carboxylic acids is 1. The second kappa shape index (κ2) is 9.16. The molecule has 0 aliphatic rings. The van der Waals surface area contributed by atoms with Crippen molar-refractivity contribution in [1.82, 2.24) is 5.32 Å². The second-order valence-electron chi connectivity index (χ2n) is 6.71. The zero-order valence-corrected chi connectivity index (χ0v) is 18.6. The van der Waals surface area contributed by atoms with Crippen LogP contribution in [0.2, 0.25) is 10.0 Å². The van der Waals surface area contributed by atoms with Crippen LogP contribution in [0, 0.1) is 13.8 Å². The Morgan fingerprint density at radius 3 is 2.39 bits per heavy atom. The molecule has 0 aliphatic heterocycles. The van der Waals surface area contributed by atoms with Gasteiger partial charge in [0.25, 0.3) is 0 Å². The minimum Gasteiger partial charge on any atom is -0.348 e. The van der Waals surface area contributed by atoms with E-state index in [1.807, 2.05) is 39.0 Å². The Labute approximate surface area is 176 Å². The van der Waals surface area contributed by atoms with Gasteiger partial charge < -0.3 is 5.32 Å². The molecule has 152 valence electrons. The summed E-state index contributed by atoms with van der Waals surface area (Å²) in [6, 6.07) is 10.5. The normalized spacial score (nSPS) is 12.5. The largest absolute Gasteiger partial charge is 0.348 e. The molecule has 2 rings (SSSR count). The third-order valence-corrected chi connectivity index (χ3v) is 6.50. The number of hydrogen-bond donors (Lipinski definition) is 1. The molecule has 28 heavy (non-hydrogen) atoms. The number of aryl methyl sites for hydroxylation is 2. The van der Waals surface area contributed by atoms with E-state index in [1.54, 1.807) is 12.1 Å². The number of nitrogens with one attached hydrogen (secondary N) is 1. The van der Waals surface area contributed by atoms with Gasteiger partial charge in [-0.3, -0.25) is 9.10 Å². The average molecular weight is 443 g/mol.